The maximum Gasteiger partial charge on any atom is 0.138 e. The Balaban J connectivity index is 1.63. The lowest BCUT2D eigenvalue weighted by Crippen LogP contribution is -2.36. The number of imidazole rings is 1. The van der Waals surface area contributed by atoms with Crippen molar-refractivity contribution in [3.8, 4) is 11.5 Å². The average molecular weight is 337 g/mol. The summed E-state index contributed by atoms with van der Waals surface area (Å²) in [6.45, 7) is 2.14. The number of methoxy groups -OCH3 is 1. The van der Waals surface area contributed by atoms with Crippen LogP contribution in [-0.2, 0) is 11.3 Å². The molecule has 124 valence electrons. The van der Waals surface area contributed by atoms with E-state index < -0.39 is 0 Å². The van der Waals surface area contributed by atoms with E-state index in [1.807, 2.05) is 24.7 Å². The largest absolute Gasteiger partial charge is 0.497 e. The highest BCUT2D eigenvalue weighted by Crippen LogP contribution is 2.33. The smallest absolute Gasteiger partial charge is 0.138 e. The first kappa shape index (κ1) is 16.1. The van der Waals surface area contributed by atoms with Gasteiger partial charge in [0, 0.05) is 31.6 Å². The lowest BCUT2D eigenvalue weighted by molar-refractivity contribution is -0.0391. The Morgan fingerprint density at radius 3 is 3.00 bits per heavy atom. The topological polar surface area (TPSA) is 45.5 Å². The highest BCUT2D eigenvalue weighted by atomic mass is 35.5. The number of halogens is 1. The minimum atomic E-state index is -0.256. The van der Waals surface area contributed by atoms with Crippen LogP contribution < -0.4 is 9.47 Å². The molecule has 3 rings (SSSR count). The predicted octanol–water partition coefficient (Wildman–Crippen LogP) is 3.56. The molecule has 0 N–H and O–H groups in total. The van der Waals surface area contributed by atoms with Crippen molar-refractivity contribution in [3.05, 3.63) is 41.9 Å². The fourth-order valence-electron chi connectivity index (χ4n) is 2.83. The summed E-state index contributed by atoms with van der Waals surface area (Å²) in [5.74, 6) is 1.37. The van der Waals surface area contributed by atoms with Gasteiger partial charge in [0.05, 0.1) is 18.5 Å². The Bertz CT molecular complexity index is 625. The Hall–Kier alpha value is -1.72. The van der Waals surface area contributed by atoms with Crippen LogP contribution in [0.2, 0.25) is 5.02 Å². The number of hydrogen-bond acceptors (Lipinski definition) is 4. The zero-order valence-electron chi connectivity index (χ0n) is 13.2. The zero-order chi connectivity index (χ0) is 16.1. The Kier molecular flexibility index (Phi) is 5.08. The van der Waals surface area contributed by atoms with E-state index in [-0.39, 0.29) is 5.60 Å². The third-order valence-corrected chi connectivity index (χ3v) is 4.49. The van der Waals surface area contributed by atoms with Gasteiger partial charge in [-0.1, -0.05) is 11.6 Å². The van der Waals surface area contributed by atoms with E-state index in [4.69, 9.17) is 25.8 Å². The molecule has 23 heavy (non-hydrogen) atoms. The number of aromatic nitrogens is 2. The van der Waals surface area contributed by atoms with Crippen molar-refractivity contribution in [2.24, 2.45) is 0 Å². The van der Waals surface area contributed by atoms with Gasteiger partial charge in [0.1, 0.15) is 23.7 Å². The van der Waals surface area contributed by atoms with Crippen LogP contribution in [0.25, 0.3) is 0 Å². The van der Waals surface area contributed by atoms with Gasteiger partial charge in [-0.15, -0.1) is 0 Å². The van der Waals surface area contributed by atoms with Crippen molar-refractivity contribution >= 4 is 11.6 Å². The van der Waals surface area contributed by atoms with Gasteiger partial charge in [0.2, 0.25) is 0 Å². The van der Waals surface area contributed by atoms with E-state index in [1.165, 1.54) is 0 Å². The third-order valence-electron chi connectivity index (χ3n) is 4.20. The summed E-state index contributed by atoms with van der Waals surface area (Å²) in [4.78, 5) is 4.07. The zero-order valence-corrected chi connectivity index (χ0v) is 14.0. The van der Waals surface area contributed by atoms with Crippen molar-refractivity contribution in [1.29, 1.82) is 0 Å². The van der Waals surface area contributed by atoms with E-state index in [0.717, 1.165) is 32.4 Å². The van der Waals surface area contributed by atoms with Gasteiger partial charge in [-0.05, 0) is 31.4 Å². The number of rotatable bonds is 7. The molecular weight excluding hydrogens is 316 g/mol. The lowest BCUT2D eigenvalue weighted by Gasteiger charge is -2.28. The van der Waals surface area contributed by atoms with Crippen molar-refractivity contribution in [2.75, 3.05) is 20.3 Å². The summed E-state index contributed by atoms with van der Waals surface area (Å²) in [5.41, 5.74) is -0.256. The molecule has 0 unspecified atom stereocenters. The molecule has 0 radical (unpaired) electrons. The minimum Gasteiger partial charge on any atom is -0.497 e. The van der Waals surface area contributed by atoms with Gasteiger partial charge in [-0.25, -0.2) is 4.98 Å². The summed E-state index contributed by atoms with van der Waals surface area (Å²) in [5, 5.41) is 0.548. The van der Waals surface area contributed by atoms with Crippen LogP contribution in [0.1, 0.15) is 19.3 Å². The quantitative estimate of drug-likeness (QED) is 0.775. The normalized spacial score (nSPS) is 20.6. The number of aryl methyl sites for hydroxylation is 1. The molecule has 1 atom stereocenters. The van der Waals surface area contributed by atoms with Crippen LogP contribution in [0, 0.1) is 0 Å². The van der Waals surface area contributed by atoms with Gasteiger partial charge in [0.15, 0.2) is 0 Å². The second-order valence-electron chi connectivity index (χ2n) is 5.77. The van der Waals surface area contributed by atoms with Crippen LogP contribution in [0.3, 0.4) is 0 Å². The second-order valence-corrected chi connectivity index (χ2v) is 6.18. The number of nitrogens with zero attached hydrogens (tertiary/aromatic N) is 2. The second kappa shape index (κ2) is 7.23. The van der Waals surface area contributed by atoms with Crippen LogP contribution in [0.5, 0.6) is 11.5 Å². The molecule has 1 saturated heterocycles. The first-order valence-corrected chi connectivity index (χ1v) is 8.15. The minimum absolute atomic E-state index is 0.256. The number of ether oxygens (including phenoxy) is 3. The molecule has 1 aromatic heterocycles. The standard InChI is InChI=1S/C17H21ClN2O3/c1-21-14-3-4-16(15(18)11-14)22-12-17(5-2-10-23-17)6-8-20-9-7-19-13-20/h3-4,7,9,11,13H,2,5-6,8,10,12H2,1H3/t17-/m0/s1. The van der Waals surface area contributed by atoms with E-state index in [0.29, 0.717) is 23.1 Å². The molecule has 2 heterocycles. The van der Waals surface area contributed by atoms with Crippen molar-refractivity contribution in [3.63, 3.8) is 0 Å². The van der Waals surface area contributed by atoms with Gasteiger partial charge >= 0.3 is 0 Å². The van der Waals surface area contributed by atoms with Crippen LogP contribution in [0.15, 0.2) is 36.9 Å². The molecule has 0 amide bonds. The predicted molar refractivity (Wildman–Crippen MR) is 88.3 cm³/mol. The summed E-state index contributed by atoms with van der Waals surface area (Å²) in [6, 6.07) is 5.43. The molecule has 6 heteroatoms. The maximum absolute atomic E-state index is 6.24. The molecule has 0 saturated carbocycles. The SMILES string of the molecule is COc1ccc(OC[C@@]2(CCn3ccnc3)CCCO2)c(Cl)c1. The van der Waals surface area contributed by atoms with Gasteiger partial charge in [0.25, 0.3) is 0 Å². The van der Waals surface area contributed by atoms with E-state index in [1.54, 1.807) is 19.4 Å². The van der Waals surface area contributed by atoms with E-state index >= 15 is 0 Å². The summed E-state index contributed by atoms with van der Waals surface area (Å²) < 4.78 is 19.2. The van der Waals surface area contributed by atoms with Gasteiger partial charge in [-0.3, -0.25) is 0 Å². The molecule has 1 aromatic carbocycles. The Morgan fingerprint density at radius 1 is 1.43 bits per heavy atom. The third kappa shape index (κ3) is 3.98. The molecular formula is C17H21ClN2O3. The van der Waals surface area contributed by atoms with Crippen molar-refractivity contribution < 1.29 is 14.2 Å². The van der Waals surface area contributed by atoms with E-state index in [9.17, 15) is 0 Å². The molecule has 1 fully saturated rings. The maximum atomic E-state index is 6.24. The summed E-state index contributed by atoms with van der Waals surface area (Å²) >= 11 is 6.24. The van der Waals surface area contributed by atoms with E-state index in [2.05, 4.69) is 9.55 Å². The molecule has 0 bridgehead atoms. The van der Waals surface area contributed by atoms with Crippen LogP contribution in [-0.4, -0.2) is 35.5 Å². The van der Waals surface area contributed by atoms with Gasteiger partial charge < -0.3 is 18.8 Å². The van der Waals surface area contributed by atoms with Crippen LogP contribution >= 0.6 is 11.6 Å². The molecule has 2 aromatic rings. The molecule has 0 aliphatic carbocycles. The highest BCUT2D eigenvalue weighted by molar-refractivity contribution is 6.32. The molecule has 0 spiro atoms. The Morgan fingerprint density at radius 2 is 2.35 bits per heavy atom. The highest BCUT2D eigenvalue weighted by Gasteiger charge is 2.36. The summed E-state index contributed by atoms with van der Waals surface area (Å²) in [7, 11) is 1.61. The average Bonchev–Trinajstić information content (AvgIpc) is 3.24. The fraction of sp³-hybridized carbons (Fsp3) is 0.471. The van der Waals surface area contributed by atoms with Crippen LogP contribution in [0.4, 0.5) is 0 Å². The molecule has 1 aliphatic rings. The fourth-order valence-corrected chi connectivity index (χ4v) is 3.05. The van der Waals surface area contributed by atoms with Crippen molar-refractivity contribution in [1.82, 2.24) is 9.55 Å². The summed E-state index contributed by atoms with van der Waals surface area (Å²) in [6.07, 6.45) is 8.51. The Labute approximate surface area is 141 Å². The first-order chi connectivity index (χ1) is 11.2. The number of benzene rings is 1. The monoisotopic (exact) mass is 336 g/mol. The van der Waals surface area contributed by atoms with Gasteiger partial charge in [-0.2, -0.15) is 0 Å². The number of hydrogen-bond donors (Lipinski definition) is 0. The lowest BCUT2D eigenvalue weighted by atomic mass is 9.97. The molecule has 1 aliphatic heterocycles. The molecule has 5 nitrogen and oxygen atoms in total. The van der Waals surface area contributed by atoms with Crippen molar-refractivity contribution in [2.45, 2.75) is 31.4 Å². The first-order valence-electron chi connectivity index (χ1n) is 7.77.